The average Bonchev–Trinajstić information content (AvgIpc) is 3.33. The summed E-state index contributed by atoms with van der Waals surface area (Å²) in [6.45, 7) is 8.41. The van der Waals surface area contributed by atoms with Crippen LogP contribution < -0.4 is 9.47 Å². The molecule has 10 nitrogen and oxygen atoms in total. The molecule has 1 saturated heterocycles. The van der Waals surface area contributed by atoms with Gasteiger partial charge in [0.25, 0.3) is 0 Å². The molecule has 0 spiro atoms. The molecule has 0 aromatic heterocycles. The maximum absolute atomic E-state index is 13.5. The number of carbonyl (C=O) groups excluding carboxylic acids is 3. The molecule has 1 amide bonds. The zero-order valence-electron chi connectivity index (χ0n) is 23.9. The number of likely N-dealkylation sites (tertiary alicyclic amines) is 1. The fourth-order valence-electron chi connectivity index (χ4n) is 5.17. The fourth-order valence-corrected chi connectivity index (χ4v) is 6.13. The quantitative estimate of drug-likeness (QED) is 0.398. The van der Waals surface area contributed by atoms with Crippen LogP contribution in [0, 0.1) is 5.92 Å². The Bertz CT molecular complexity index is 1260. The Morgan fingerprint density at radius 2 is 1.90 bits per heavy atom. The van der Waals surface area contributed by atoms with Gasteiger partial charge in [-0.2, -0.15) is 0 Å². The zero-order chi connectivity index (χ0) is 29.0. The van der Waals surface area contributed by atoms with E-state index in [0.29, 0.717) is 59.8 Å². The van der Waals surface area contributed by atoms with Gasteiger partial charge >= 0.3 is 11.9 Å². The highest BCUT2D eigenvalue weighted by Gasteiger charge is 2.42. The average molecular weight is 572 g/mol. The van der Waals surface area contributed by atoms with Crippen LogP contribution in [0.4, 0.5) is 0 Å². The van der Waals surface area contributed by atoms with Crippen molar-refractivity contribution in [3.63, 3.8) is 0 Å². The molecule has 0 radical (unpaired) electrons. The van der Waals surface area contributed by atoms with Crippen LogP contribution >= 0.6 is 11.8 Å². The number of hydrogen-bond acceptors (Lipinski definition) is 10. The lowest BCUT2D eigenvalue weighted by molar-refractivity contribution is -0.151. The van der Waals surface area contributed by atoms with Crippen LogP contribution in [-0.4, -0.2) is 72.8 Å². The third-order valence-corrected chi connectivity index (χ3v) is 7.90. The summed E-state index contributed by atoms with van der Waals surface area (Å²) < 4.78 is 21.8. The first-order chi connectivity index (χ1) is 19.2. The Balaban J connectivity index is 1.66. The van der Waals surface area contributed by atoms with Crippen molar-refractivity contribution in [2.75, 3.05) is 33.9 Å². The van der Waals surface area contributed by atoms with E-state index in [1.54, 1.807) is 52.9 Å². The number of rotatable bonds is 9. The van der Waals surface area contributed by atoms with Crippen LogP contribution in [0.2, 0.25) is 0 Å². The SMILES string of the molecule is CCOC(=O)[C@H]1CCCN(C(=O)CC2=CSC3=NC(C)=C(C(=O)OC(C)C)[C@H](c4ccc(OC)c(OC)c4)N23)C1. The normalized spacial score (nSPS) is 20.6. The minimum Gasteiger partial charge on any atom is -0.493 e. The van der Waals surface area contributed by atoms with Gasteiger partial charge in [0.15, 0.2) is 16.7 Å². The number of fused-ring (bicyclic) bond motifs is 1. The molecule has 216 valence electrons. The van der Waals surface area contributed by atoms with Crippen molar-refractivity contribution < 1.29 is 33.3 Å². The number of carbonyl (C=O) groups is 3. The van der Waals surface area contributed by atoms with E-state index in [-0.39, 0.29) is 30.3 Å². The van der Waals surface area contributed by atoms with Crippen molar-refractivity contribution in [2.24, 2.45) is 10.9 Å². The second kappa shape index (κ2) is 12.8. The molecular formula is C29H37N3O7S. The van der Waals surface area contributed by atoms with Crippen LogP contribution in [0.5, 0.6) is 11.5 Å². The van der Waals surface area contributed by atoms with E-state index >= 15 is 0 Å². The van der Waals surface area contributed by atoms with Gasteiger partial charge in [-0.15, -0.1) is 0 Å². The maximum atomic E-state index is 13.5. The van der Waals surface area contributed by atoms with Gasteiger partial charge in [0.2, 0.25) is 5.91 Å². The van der Waals surface area contributed by atoms with Crippen molar-refractivity contribution >= 4 is 34.8 Å². The molecule has 0 saturated carbocycles. The smallest absolute Gasteiger partial charge is 0.338 e. The molecule has 0 unspecified atom stereocenters. The molecular weight excluding hydrogens is 534 g/mol. The molecule has 11 heteroatoms. The number of amidine groups is 1. The monoisotopic (exact) mass is 571 g/mol. The molecule has 4 rings (SSSR count). The summed E-state index contributed by atoms with van der Waals surface area (Å²) in [7, 11) is 3.12. The Kier molecular flexibility index (Phi) is 9.44. The predicted octanol–water partition coefficient (Wildman–Crippen LogP) is 4.42. The number of esters is 2. The van der Waals surface area contributed by atoms with E-state index in [2.05, 4.69) is 0 Å². The van der Waals surface area contributed by atoms with E-state index < -0.39 is 12.0 Å². The number of thioether (sulfide) groups is 1. The van der Waals surface area contributed by atoms with E-state index in [1.807, 2.05) is 22.4 Å². The lowest BCUT2D eigenvalue weighted by Gasteiger charge is -2.37. The first-order valence-electron chi connectivity index (χ1n) is 13.5. The van der Waals surface area contributed by atoms with Crippen LogP contribution in [0.3, 0.4) is 0 Å². The number of nitrogens with zero attached hydrogens (tertiary/aromatic N) is 3. The van der Waals surface area contributed by atoms with Gasteiger partial charge in [0.1, 0.15) is 0 Å². The van der Waals surface area contributed by atoms with Gasteiger partial charge in [-0.3, -0.25) is 9.59 Å². The topological polar surface area (TPSA) is 107 Å². The number of piperidine rings is 1. The number of benzene rings is 1. The van der Waals surface area contributed by atoms with Gasteiger partial charge in [0.05, 0.1) is 56.6 Å². The van der Waals surface area contributed by atoms with Crippen molar-refractivity contribution in [1.29, 1.82) is 0 Å². The number of aliphatic imine (C=N–C) groups is 1. The molecule has 1 aromatic carbocycles. The third kappa shape index (κ3) is 6.14. The Hall–Kier alpha value is -3.47. The summed E-state index contributed by atoms with van der Waals surface area (Å²) in [6.07, 6.45) is 1.22. The van der Waals surface area contributed by atoms with Gasteiger partial charge in [0, 0.05) is 18.8 Å². The summed E-state index contributed by atoms with van der Waals surface area (Å²) in [5.74, 6) is -0.0598. The number of allylic oxidation sites excluding steroid dienone is 1. The number of hydrogen-bond donors (Lipinski definition) is 0. The molecule has 3 aliphatic rings. The minimum absolute atomic E-state index is 0.0919. The summed E-state index contributed by atoms with van der Waals surface area (Å²) in [4.78, 5) is 47.7. The van der Waals surface area contributed by atoms with Gasteiger partial charge in [-0.05, 0) is 63.6 Å². The Morgan fingerprint density at radius 1 is 1.15 bits per heavy atom. The Labute approximate surface area is 239 Å². The van der Waals surface area contributed by atoms with E-state index in [9.17, 15) is 14.4 Å². The molecule has 1 aromatic rings. The summed E-state index contributed by atoms with van der Waals surface area (Å²) in [5.41, 5.74) is 2.43. The van der Waals surface area contributed by atoms with Gasteiger partial charge in [-0.1, -0.05) is 17.8 Å². The molecule has 1 fully saturated rings. The molecule has 0 bridgehead atoms. The fraction of sp³-hybridized carbons (Fsp3) is 0.517. The molecule has 40 heavy (non-hydrogen) atoms. The molecule has 0 aliphatic carbocycles. The summed E-state index contributed by atoms with van der Waals surface area (Å²) in [6, 6.07) is 4.91. The molecule has 3 heterocycles. The van der Waals surface area contributed by atoms with Crippen LogP contribution in [0.15, 0.2) is 45.6 Å². The van der Waals surface area contributed by atoms with Gasteiger partial charge < -0.3 is 28.7 Å². The lowest BCUT2D eigenvalue weighted by atomic mass is 9.93. The second-order valence-corrected chi connectivity index (χ2v) is 10.9. The van der Waals surface area contributed by atoms with Crippen molar-refractivity contribution in [2.45, 2.75) is 59.1 Å². The summed E-state index contributed by atoms with van der Waals surface area (Å²) >= 11 is 1.41. The molecule has 3 aliphatic heterocycles. The molecule has 0 N–H and O–H groups in total. The maximum Gasteiger partial charge on any atom is 0.338 e. The van der Waals surface area contributed by atoms with Crippen molar-refractivity contribution in [1.82, 2.24) is 9.80 Å². The highest BCUT2D eigenvalue weighted by atomic mass is 32.2. The highest BCUT2D eigenvalue weighted by molar-refractivity contribution is 8.16. The first kappa shape index (κ1) is 29.5. The zero-order valence-corrected chi connectivity index (χ0v) is 24.7. The molecule has 2 atom stereocenters. The van der Waals surface area contributed by atoms with E-state index in [4.69, 9.17) is 23.9 Å². The van der Waals surface area contributed by atoms with Gasteiger partial charge in [-0.25, -0.2) is 9.79 Å². The number of methoxy groups -OCH3 is 2. The van der Waals surface area contributed by atoms with Crippen LogP contribution in [0.25, 0.3) is 0 Å². The van der Waals surface area contributed by atoms with Crippen molar-refractivity contribution in [3.05, 3.63) is 46.1 Å². The number of ether oxygens (including phenoxy) is 4. The van der Waals surface area contributed by atoms with Crippen LogP contribution in [0.1, 0.15) is 58.6 Å². The predicted molar refractivity (Wildman–Crippen MR) is 152 cm³/mol. The highest BCUT2D eigenvalue weighted by Crippen LogP contribution is 2.46. The van der Waals surface area contributed by atoms with E-state index in [1.165, 1.54) is 11.8 Å². The second-order valence-electron chi connectivity index (χ2n) is 10.1. The number of amides is 1. The summed E-state index contributed by atoms with van der Waals surface area (Å²) in [5, 5.41) is 2.57. The van der Waals surface area contributed by atoms with E-state index in [0.717, 1.165) is 12.0 Å². The minimum atomic E-state index is -0.596. The third-order valence-electron chi connectivity index (χ3n) is 7.01. The standard InChI is InChI=1S/C29H37N3O7S/c1-7-38-27(34)20-9-8-12-31(15-20)24(33)14-21-16-40-29-30-18(4)25(28(35)39-17(2)3)26(32(21)29)19-10-11-22(36-5)23(13-19)37-6/h10-11,13,16-17,20,26H,7-9,12,14-15H2,1-6H3/t20-,26-/m0/s1. The van der Waals surface area contributed by atoms with Crippen LogP contribution in [-0.2, 0) is 23.9 Å². The lowest BCUT2D eigenvalue weighted by Crippen LogP contribution is -2.44. The van der Waals surface area contributed by atoms with Crippen molar-refractivity contribution in [3.8, 4) is 11.5 Å². The Morgan fingerprint density at radius 3 is 2.58 bits per heavy atom. The largest absolute Gasteiger partial charge is 0.493 e. The first-order valence-corrected chi connectivity index (χ1v) is 14.4.